The molecule has 3 unspecified atom stereocenters. The summed E-state index contributed by atoms with van der Waals surface area (Å²) < 4.78 is 5.51. The predicted molar refractivity (Wildman–Crippen MR) is 65.1 cm³/mol. The molecule has 0 amide bonds. The zero-order valence-electron chi connectivity index (χ0n) is 10.2. The van der Waals surface area contributed by atoms with Crippen LogP contribution in [-0.4, -0.2) is 23.5 Å². The maximum absolute atomic E-state index is 5.87. The van der Waals surface area contributed by atoms with Crippen molar-refractivity contribution in [3.05, 3.63) is 24.2 Å². The Morgan fingerprint density at radius 3 is 3.00 bits per heavy atom. The van der Waals surface area contributed by atoms with E-state index in [0.29, 0.717) is 18.1 Å². The molecule has 2 heterocycles. The average Bonchev–Trinajstić information content (AvgIpc) is 2.81. The first kappa shape index (κ1) is 11.7. The second-order valence-corrected chi connectivity index (χ2v) is 4.81. The minimum atomic E-state index is 0.332. The molecule has 1 aliphatic rings. The fourth-order valence-electron chi connectivity index (χ4n) is 2.92. The van der Waals surface area contributed by atoms with Crippen molar-refractivity contribution >= 4 is 0 Å². The van der Waals surface area contributed by atoms with Crippen molar-refractivity contribution in [1.82, 2.24) is 4.90 Å². The van der Waals surface area contributed by atoms with Crippen LogP contribution in [0.2, 0.25) is 0 Å². The van der Waals surface area contributed by atoms with E-state index in [4.69, 9.17) is 10.2 Å². The first-order chi connectivity index (χ1) is 7.74. The number of piperidine rings is 1. The highest BCUT2D eigenvalue weighted by Crippen LogP contribution is 2.31. The van der Waals surface area contributed by atoms with E-state index in [-0.39, 0.29) is 0 Å². The molecule has 3 nitrogen and oxygen atoms in total. The summed E-state index contributed by atoms with van der Waals surface area (Å²) in [5.74, 6) is 1.05. The van der Waals surface area contributed by atoms with Crippen molar-refractivity contribution in [3.8, 4) is 0 Å². The maximum Gasteiger partial charge on any atom is 0.120 e. The molecule has 0 spiro atoms. The molecule has 0 aromatic carbocycles. The molecule has 0 aliphatic carbocycles. The molecule has 90 valence electrons. The summed E-state index contributed by atoms with van der Waals surface area (Å²) in [7, 11) is 0. The lowest BCUT2D eigenvalue weighted by Crippen LogP contribution is -2.49. The van der Waals surface area contributed by atoms with Gasteiger partial charge in [0.15, 0.2) is 0 Å². The molecule has 0 radical (unpaired) electrons. The van der Waals surface area contributed by atoms with E-state index in [1.807, 2.05) is 6.07 Å². The second kappa shape index (κ2) is 5.02. The third-order valence-corrected chi connectivity index (χ3v) is 3.76. The molecule has 2 N–H and O–H groups in total. The molecule has 1 aromatic heterocycles. The monoisotopic (exact) mass is 222 g/mol. The van der Waals surface area contributed by atoms with E-state index in [1.165, 1.54) is 19.3 Å². The molecule has 1 aliphatic heterocycles. The van der Waals surface area contributed by atoms with Gasteiger partial charge in [-0.3, -0.25) is 4.90 Å². The minimum Gasteiger partial charge on any atom is -0.468 e. The highest BCUT2D eigenvalue weighted by molar-refractivity contribution is 5.05. The lowest BCUT2D eigenvalue weighted by atomic mass is 9.94. The highest BCUT2D eigenvalue weighted by Gasteiger charge is 2.32. The molecule has 0 bridgehead atoms. The fraction of sp³-hybridized carbons (Fsp3) is 0.692. The summed E-state index contributed by atoms with van der Waals surface area (Å²) >= 11 is 0. The summed E-state index contributed by atoms with van der Waals surface area (Å²) in [5, 5.41) is 0. The fourth-order valence-corrected chi connectivity index (χ4v) is 2.92. The van der Waals surface area contributed by atoms with Crippen LogP contribution >= 0.6 is 0 Å². The summed E-state index contributed by atoms with van der Waals surface area (Å²) in [6.45, 7) is 5.25. The van der Waals surface area contributed by atoms with E-state index in [2.05, 4.69) is 24.8 Å². The van der Waals surface area contributed by atoms with Gasteiger partial charge in [-0.25, -0.2) is 0 Å². The van der Waals surface area contributed by atoms with Gasteiger partial charge in [0.25, 0.3) is 0 Å². The van der Waals surface area contributed by atoms with Crippen LogP contribution < -0.4 is 5.73 Å². The zero-order chi connectivity index (χ0) is 11.5. The minimum absolute atomic E-state index is 0.332. The van der Waals surface area contributed by atoms with Crippen LogP contribution in [0.3, 0.4) is 0 Å². The molecule has 1 aromatic rings. The highest BCUT2D eigenvalue weighted by atomic mass is 16.3. The number of likely N-dealkylation sites (tertiary alicyclic amines) is 1. The van der Waals surface area contributed by atoms with Crippen LogP contribution in [0.15, 0.2) is 22.8 Å². The van der Waals surface area contributed by atoms with Gasteiger partial charge in [-0.15, -0.1) is 0 Å². The van der Waals surface area contributed by atoms with Crippen LogP contribution in [0, 0.1) is 0 Å². The van der Waals surface area contributed by atoms with Crippen LogP contribution in [-0.2, 0) is 0 Å². The van der Waals surface area contributed by atoms with Gasteiger partial charge in [0.2, 0.25) is 0 Å². The quantitative estimate of drug-likeness (QED) is 0.854. The van der Waals surface area contributed by atoms with Gasteiger partial charge in [-0.05, 0) is 38.8 Å². The predicted octanol–water partition coefficient (Wildman–Crippen LogP) is 2.54. The molecule has 3 heteroatoms. The number of rotatable bonds is 3. The lowest BCUT2D eigenvalue weighted by molar-refractivity contribution is 0.0477. The van der Waals surface area contributed by atoms with Crippen molar-refractivity contribution in [2.45, 2.75) is 51.2 Å². The van der Waals surface area contributed by atoms with Crippen molar-refractivity contribution in [2.75, 3.05) is 6.54 Å². The third-order valence-electron chi connectivity index (χ3n) is 3.76. The largest absolute Gasteiger partial charge is 0.468 e. The van der Waals surface area contributed by atoms with E-state index < -0.39 is 0 Å². The average molecular weight is 222 g/mol. The van der Waals surface area contributed by atoms with E-state index in [1.54, 1.807) is 6.26 Å². The van der Waals surface area contributed by atoms with Crippen LogP contribution in [0.25, 0.3) is 0 Å². The van der Waals surface area contributed by atoms with Crippen LogP contribution in [0.5, 0.6) is 0 Å². The van der Waals surface area contributed by atoms with Gasteiger partial charge >= 0.3 is 0 Å². The molecular weight excluding hydrogens is 200 g/mol. The van der Waals surface area contributed by atoms with Gasteiger partial charge in [0, 0.05) is 18.6 Å². The van der Waals surface area contributed by atoms with Gasteiger partial charge in [0.1, 0.15) is 5.76 Å². The van der Waals surface area contributed by atoms with Crippen molar-refractivity contribution < 1.29 is 4.42 Å². The van der Waals surface area contributed by atoms with Crippen LogP contribution in [0.1, 0.15) is 44.9 Å². The van der Waals surface area contributed by atoms with E-state index >= 15 is 0 Å². The molecule has 3 atom stereocenters. The SMILES string of the molecule is CC1CCCC(CN)N1C(C)c1ccco1. The first-order valence-corrected chi connectivity index (χ1v) is 6.25. The van der Waals surface area contributed by atoms with E-state index in [0.717, 1.165) is 12.3 Å². The smallest absolute Gasteiger partial charge is 0.120 e. The Hall–Kier alpha value is -0.800. The molecule has 2 rings (SSSR count). The summed E-state index contributed by atoms with van der Waals surface area (Å²) in [6.07, 6.45) is 5.52. The summed E-state index contributed by atoms with van der Waals surface area (Å²) in [6, 6.07) is 5.45. The Morgan fingerprint density at radius 1 is 1.56 bits per heavy atom. The first-order valence-electron chi connectivity index (χ1n) is 6.25. The third kappa shape index (κ3) is 2.15. The van der Waals surface area contributed by atoms with Gasteiger partial charge in [-0.1, -0.05) is 6.42 Å². The van der Waals surface area contributed by atoms with Crippen molar-refractivity contribution in [3.63, 3.8) is 0 Å². The zero-order valence-corrected chi connectivity index (χ0v) is 10.2. The van der Waals surface area contributed by atoms with Crippen molar-refractivity contribution in [2.24, 2.45) is 5.73 Å². The molecule has 1 fully saturated rings. The Balaban J connectivity index is 2.15. The molecule has 1 saturated heterocycles. The van der Waals surface area contributed by atoms with Crippen molar-refractivity contribution in [1.29, 1.82) is 0 Å². The Kier molecular flexibility index (Phi) is 3.66. The topological polar surface area (TPSA) is 42.4 Å². The van der Waals surface area contributed by atoms with Gasteiger partial charge < -0.3 is 10.2 Å². The normalized spacial score (nSPS) is 29.2. The van der Waals surface area contributed by atoms with Gasteiger partial charge in [-0.2, -0.15) is 0 Å². The molecule has 0 saturated carbocycles. The number of nitrogens with two attached hydrogens (primary N) is 1. The number of hydrogen-bond donors (Lipinski definition) is 1. The summed E-state index contributed by atoms with van der Waals surface area (Å²) in [5.41, 5.74) is 5.87. The lowest BCUT2D eigenvalue weighted by Gasteiger charge is -2.43. The Bertz CT molecular complexity index is 310. The number of nitrogens with zero attached hydrogens (tertiary/aromatic N) is 1. The maximum atomic E-state index is 5.87. The van der Waals surface area contributed by atoms with Gasteiger partial charge in [0.05, 0.1) is 12.3 Å². The number of furan rings is 1. The summed E-state index contributed by atoms with van der Waals surface area (Å²) in [4.78, 5) is 2.52. The second-order valence-electron chi connectivity index (χ2n) is 4.81. The Labute approximate surface area is 97.6 Å². The Morgan fingerprint density at radius 2 is 2.38 bits per heavy atom. The van der Waals surface area contributed by atoms with E-state index in [9.17, 15) is 0 Å². The van der Waals surface area contributed by atoms with Crippen LogP contribution in [0.4, 0.5) is 0 Å². The number of hydrogen-bond acceptors (Lipinski definition) is 3. The molecule has 16 heavy (non-hydrogen) atoms. The standard InChI is InChI=1S/C13H22N2O/c1-10-5-3-6-12(9-14)15(10)11(2)13-7-4-8-16-13/h4,7-8,10-12H,3,5-6,9,14H2,1-2H3. The molecular formula is C13H22N2O.